The van der Waals surface area contributed by atoms with Crippen LogP contribution in [-0.4, -0.2) is 13.4 Å². The topological polar surface area (TPSA) is 35.5 Å². The van der Waals surface area contributed by atoms with E-state index in [9.17, 15) is 4.79 Å². The fraction of sp³-hybridized carbons (Fsp3) is 0.154. The minimum atomic E-state index is 0.384. The number of carbonyl (C=O) groups excluding carboxylic acids is 1. The molecule has 0 saturated carbocycles. The summed E-state index contributed by atoms with van der Waals surface area (Å²) in [6, 6.07) is 5.14. The van der Waals surface area contributed by atoms with Crippen LogP contribution >= 0.6 is 22.9 Å². The summed E-state index contributed by atoms with van der Waals surface area (Å²) < 4.78 is 10.8. The van der Waals surface area contributed by atoms with Gasteiger partial charge in [0.15, 0.2) is 17.8 Å². The van der Waals surface area contributed by atoms with Gasteiger partial charge in [0.25, 0.3) is 0 Å². The third-order valence-electron chi connectivity index (χ3n) is 2.36. The molecule has 1 aromatic heterocycles. The molecule has 94 valence electrons. The van der Waals surface area contributed by atoms with Gasteiger partial charge in [0.05, 0.1) is 12.7 Å². The van der Waals surface area contributed by atoms with Crippen molar-refractivity contribution in [1.82, 2.24) is 0 Å². The van der Waals surface area contributed by atoms with Crippen molar-refractivity contribution in [3.8, 4) is 11.5 Å². The smallest absolute Gasteiger partial charge is 0.172 e. The van der Waals surface area contributed by atoms with Crippen LogP contribution in [0.1, 0.15) is 15.9 Å². The minimum Gasteiger partial charge on any atom is -0.493 e. The van der Waals surface area contributed by atoms with Crippen molar-refractivity contribution in [2.75, 3.05) is 7.11 Å². The van der Waals surface area contributed by atoms with E-state index >= 15 is 0 Å². The van der Waals surface area contributed by atoms with Crippen LogP contribution in [0, 0.1) is 0 Å². The molecule has 5 heteroatoms. The fourth-order valence-corrected chi connectivity index (χ4v) is 2.38. The Bertz CT molecular complexity index is 537. The van der Waals surface area contributed by atoms with Gasteiger partial charge in [-0.05, 0) is 28.5 Å². The molecule has 18 heavy (non-hydrogen) atoms. The molecule has 0 aliphatic carbocycles. The van der Waals surface area contributed by atoms with Crippen molar-refractivity contribution < 1.29 is 14.3 Å². The first-order valence-electron chi connectivity index (χ1n) is 5.21. The SMILES string of the molecule is COc1cc(Cl)cc(C=O)c1OCc1ccsc1. The van der Waals surface area contributed by atoms with E-state index in [-0.39, 0.29) is 0 Å². The molecule has 3 nitrogen and oxygen atoms in total. The third kappa shape index (κ3) is 2.83. The number of halogens is 1. The summed E-state index contributed by atoms with van der Waals surface area (Å²) in [6.07, 6.45) is 0.706. The molecule has 0 fully saturated rings. The Morgan fingerprint density at radius 1 is 1.44 bits per heavy atom. The number of rotatable bonds is 5. The number of thiophene rings is 1. The Hall–Kier alpha value is -1.52. The summed E-state index contributed by atoms with van der Waals surface area (Å²) in [4.78, 5) is 11.0. The molecule has 1 heterocycles. The first kappa shape index (κ1) is 12.9. The Labute approximate surface area is 114 Å². The molecule has 0 radical (unpaired) electrons. The minimum absolute atomic E-state index is 0.384. The van der Waals surface area contributed by atoms with E-state index in [0.29, 0.717) is 35.0 Å². The highest BCUT2D eigenvalue weighted by Gasteiger charge is 2.12. The first-order valence-corrected chi connectivity index (χ1v) is 6.53. The van der Waals surface area contributed by atoms with Crippen LogP contribution in [0.25, 0.3) is 0 Å². The van der Waals surface area contributed by atoms with Gasteiger partial charge in [0.1, 0.15) is 6.61 Å². The van der Waals surface area contributed by atoms with E-state index in [4.69, 9.17) is 21.1 Å². The number of aldehydes is 1. The van der Waals surface area contributed by atoms with Crippen molar-refractivity contribution >= 4 is 29.2 Å². The van der Waals surface area contributed by atoms with Gasteiger partial charge in [0.2, 0.25) is 0 Å². The summed E-state index contributed by atoms with van der Waals surface area (Å²) in [5.74, 6) is 0.878. The normalized spacial score (nSPS) is 10.1. The number of benzene rings is 1. The van der Waals surface area contributed by atoms with Crippen LogP contribution in [0.3, 0.4) is 0 Å². The highest BCUT2D eigenvalue weighted by Crippen LogP contribution is 2.34. The zero-order chi connectivity index (χ0) is 13.0. The molecule has 0 amide bonds. The van der Waals surface area contributed by atoms with Crippen LogP contribution < -0.4 is 9.47 Å². The van der Waals surface area contributed by atoms with Gasteiger partial charge in [-0.3, -0.25) is 4.79 Å². The van der Waals surface area contributed by atoms with Gasteiger partial charge in [0, 0.05) is 11.1 Å². The monoisotopic (exact) mass is 282 g/mol. The lowest BCUT2D eigenvalue weighted by molar-refractivity contribution is 0.111. The summed E-state index contributed by atoms with van der Waals surface area (Å²) in [6.45, 7) is 0.391. The van der Waals surface area contributed by atoms with Gasteiger partial charge in [-0.1, -0.05) is 11.6 Å². The molecule has 0 atom stereocenters. The third-order valence-corrected chi connectivity index (χ3v) is 3.31. The molecule has 2 aromatic rings. The molecule has 0 N–H and O–H groups in total. The lowest BCUT2D eigenvalue weighted by Gasteiger charge is -2.12. The number of methoxy groups -OCH3 is 1. The number of ether oxygens (including phenoxy) is 2. The number of hydrogen-bond donors (Lipinski definition) is 0. The molecule has 0 spiro atoms. The predicted molar refractivity (Wildman–Crippen MR) is 72.0 cm³/mol. The van der Waals surface area contributed by atoms with Crippen LogP contribution in [0.2, 0.25) is 5.02 Å². The van der Waals surface area contributed by atoms with E-state index in [2.05, 4.69) is 0 Å². The van der Waals surface area contributed by atoms with Crippen LogP contribution in [-0.2, 0) is 6.61 Å². The molecule has 0 aliphatic heterocycles. The molecule has 0 aliphatic rings. The van der Waals surface area contributed by atoms with Crippen LogP contribution in [0.4, 0.5) is 0 Å². The largest absolute Gasteiger partial charge is 0.493 e. The second-order valence-electron chi connectivity index (χ2n) is 3.56. The number of carbonyl (C=O) groups is 1. The number of hydrogen-bond acceptors (Lipinski definition) is 4. The summed E-state index contributed by atoms with van der Waals surface area (Å²) in [5, 5.41) is 4.40. The van der Waals surface area contributed by atoms with Gasteiger partial charge >= 0.3 is 0 Å². The molecular weight excluding hydrogens is 272 g/mol. The second kappa shape index (κ2) is 5.89. The summed E-state index contributed by atoms with van der Waals surface area (Å²) in [5.41, 5.74) is 1.43. The van der Waals surface area contributed by atoms with E-state index in [1.807, 2.05) is 16.8 Å². The van der Waals surface area contributed by atoms with Gasteiger partial charge in [-0.25, -0.2) is 0 Å². The second-order valence-corrected chi connectivity index (χ2v) is 4.78. The van der Waals surface area contributed by atoms with Crippen molar-refractivity contribution in [1.29, 1.82) is 0 Å². The van der Waals surface area contributed by atoms with Crippen molar-refractivity contribution in [2.24, 2.45) is 0 Å². The van der Waals surface area contributed by atoms with Crippen molar-refractivity contribution in [2.45, 2.75) is 6.61 Å². The van der Waals surface area contributed by atoms with Crippen molar-refractivity contribution in [3.05, 3.63) is 45.1 Å². The Balaban J connectivity index is 2.27. The highest BCUT2D eigenvalue weighted by molar-refractivity contribution is 7.07. The van der Waals surface area contributed by atoms with Gasteiger partial charge < -0.3 is 9.47 Å². The maximum Gasteiger partial charge on any atom is 0.172 e. The lowest BCUT2D eigenvalue weighted by Crippen LogP contribution is -2.00. The Morgan fingerprint density at radius 2 is 2.28 bits per heavy atom. The molecule has 0 bridgehead atoms. The standard InChI is InChI=1S/C13H11ClO3S/c1-16-12-5-11(14)4-10(6-15)13(12)17-7-9-2-3-18-8-9/h2-6,8H,7H2,1H3. The average molecular weight is 283 g/mol. The summed E-state index contributed by atoms with van der Waals surface area (Å²) in [7, 11) is 1.51. The lowest BCUT2D eigenvalue weighted by atomic mass is 10.2. The van der Waals surface area contributed by atoms with E-state index < -0.39 is 0 Å². The molecule has 0 saturated heterocycles. The Kier molecular flexibility index (Phi) is 4.23. The highest BCUT2D eigenvalue weighted by atomic mass is 35.5. The van der Waals surface area contributed by atoms with E-state index in [1.54, 1.807) is 23.5 Å². The first-order chi connectivity index (χ1) is 8.74. The van der Waals surface area contributed by atoms with E-state index in [0.717, 1.165) is 5.56 Å². The van der Waals surface area contributed by atoms with Gasteiger partial charge in [-0.15, -0.1) is 0 Å². The maximum absolute atomic E-state index is 11.0. The van der Waals surface area contributed by atoms with Gasteiger partial charge in [-0.2, -0.15) is 11.3 Å². The molecule has 0 unspecified atom stereocenters. The fourth-order valence-electron chi connectivity index (χ4n) is 1.51. The Morgan fingerprint density at radius 3 is 2.89 bits per heavy atom. The summed E-state index contributed by atoms with van der Waals surface area (Å²) >= 11 is 7.48. The average Bonchev–Trinajstić information content (AvgIpc) is 2.89. The molecule has 2 rings (SSSR count). The quantitative estimate of drug-likeness (QED) is 0.783. The molecular formula is C13H11ClO3S. The predicted octanol–water partition coefficient (Wildman–Crippen LogP) is 3.80. The molecule has 1 aromatic carbocycles. The van der Waals surface area contributed by atoms with Crippen LogP contribution in [0.15, 0.2) is 29.0 Å². The zero-order valence-corrected chi connectivity index (χ0v) is 11.3. The zero-order valence-electron chi connectivity index (χ0n) is 9.68. The van der Waals surface area contributed by atoms with Crippen LogP contribution in [0.5, 0.6) is 11.5 Å². The van der Waals surface area contributed by atoms with E-state index in [1.165, 1.54) is 7.11 Å². The van der Waals surface area contributed by atoms with Crippen molar-refractivity contribution in [3.63, 3.8) is 0 Å². The maximum atomic E-state index is 11.0.